The first-order valence-corrected chi connectivity index (χ1v) is 11.9. The third-order valence-corrected chi connectivity index (χ3v) is 6.95. The van der Waals surface area contributed by atoms with E-state index in [9.17, 15) is 8.42 Å². The fourth-order valence-electron chi connectivity index (χ4n) is 3.97. The average Bonchev–Trinajstić information content (AvgIpc) is 3.39. The summed E-state index contributed by atoms with van der Waals surface area (Å²) in [5.41, 5.74) is 4.91. The van der Waals surface area contributed by atoms with Gasteiger partial charge in [-0.15, -0.1) is 0 Å². The van der Waals surface area contributed by atoms with Crippen LogP contribution >= 0.6 is 0 Å². The van der Waals surface area contributed by atoms with Gasteiger partial charge >= 0.3 is 0 Å². The number of aryl methyl sites for hydroxylation is 1. The number of pyridine rings is 1. The first-order valence-electron chi connectivity index (χ1n) is 10.0. The molecule has 1 aliphatic rings. The van der Waals surface area contributed by atoms with Crippen molar-refractivity contribution >= 4 is 26.7 Å². The molecule has 1 N–H and O–H groups in total. The maximum absolute atomic E-state index is 11.8. The Bertz CT molecular complexity index is 1350. The molecular weight excluding hydrogens is 414 g/mol. The van der Waals surface area contributed by atoms with E-state index >= 15 is 0 Å². The number of piperazine rings is 1. The molecule has 0 saturated carbocycles. The van der Waals surface area contributed by atoms with Crippen LogP contribution in [-0.4, -0.2) is 70.1 Å². The van der Waals surface area contributed by atoms with Crippen LogP contribution in [0.1, 0.15) is 0 Å². The highest BCUT2D eigenvalue weighted by atomic mass is 32.2. The number of sulfonamides is 1. The molecule has 0 spiro atoms. The molecule has 1 fully saturated rings. The third-order valence-electron chi connectivity index (χ3n) is 5.65. The van der Waals surface area contributed by atoms with Gasteiger partial charge in [-0.1, -0.05) is 6.07 Å². The van der Waals surface area contributed by atoms with E-state index in [2.05, 4.69) is 37.3 Å². The summed E-state index contributed by atoms with van der Waals surface area (Å²) in [6.45, 7) is 2.14. The average molecular weight is 438 g/mol. The first kappa shape index (κ1) is 19.7. The summed E-state index contributed by atoms with van der Waals surface area (Å²) >= 11 is 0. The Morgan fingerprint density at radius 3 is 2.52 bits per heavy atom. The lowest BCUT2D eigenvalue weighted by molar-refractivity contribution is 0.387. The Kier molecular flexibility index (Phi) is 4.75. The number of benzene rings is 1. The topological polar surface area (TPSA) is 100 Å². The van der Waals surface area contributed by atoms with Gasteiger partial charge in [0.1, 0.15) is 11.5 Å². The van der Waals surface area contributed by atoms with Crippen LogP contribution in [0.4, 0.5) is 5.82 Å². The number of aromatic nitrogens is 5. The number of aromatic amines is 1. The third kappa shape index (κ3) is 3.79. The summed E-state index contributed by atoms with van der Waals surface area (Å²) in [7, 11) is -1.26. The van der Waals surface area contributed by atoms with E-state index in [1.165, 1.54) is 10.6 Å². The van der Waals surface area contributed by atoms with Crippen molar-refractivity contribution in [1.29, 1.82) is 0 Å². The van der Waals surface area contributed by atoms with Gasteiger partial charge in [0.2, 0.25) is 10.0 Å². The second-order valence-electron chi connectivity index (χ2n) is 7.79. The molecule has 4 aromatic rings. The minimum absolute atomic E-state index is 0.463. The van der Waals surface area contributed by atoms with Crippen molar-refractivity contribution in [2.24, 2.45) is 7.05 Å². The summed E-state index contributed by atoms with van der Waals surface area (Å²) in [6, 6.07) is 10.2. The van der Waals surface area contributed by atoms with Crippen molar-refractivity contribution < 1.29 is 8.42 Å². The molecule has 0 aliphatic carbocycles. The zero-order valence-corrected chi connectivity index (χ0v) is 18.2. The first-order chi connectivity index (χ1) is 14.9. The van der Waals surface area contributed by atoms with Crippen molar-refractivity contribution in [3.8, 4) is 22.4 Å². The highest BCUT2D eigenvalue weighted by Crippen LogP contribution is 2.31. The van der Waals surface area contributed by atoms with Gasteiger partial charge in [0.05, 0.1) is 18.0 Å². The molecule has 160 valence electrons. The molecule has 0 unspecified atom stereocenters. The maximum atomic E-state index is 11.8. The van der Waals surface area contributed by atoms with Gasteiger partial charge in [-0.2, -0.15) is 14.5 Å². The lowest BCUT2D eigenvalue weighted by Crippen LogP contribution is -2.48. The lowest BCUT2D eigenvalue weighted by atomic mass is 10.0. The van der Waals surface area contributed by atoms with Crippen LogP contribution in [0.5, 0.6) is 0 Å². The minimum atomic E-state index is -3.16. The Hall–Kier alpha value is -3.24. The second kappa shape index (κ2) is 7.47. The molecule has 0 bridgehead atoms. The van der Waals surface area contributed by atoms with Gasteiger partial charge in [-0.25, -0.2) is 13.4 Å². The number of rotatable bonds is 4. The number of nitrogens with zero attached hydrogens (tertiary/aromatic N) is 6. The number of hydrogen-bond acceptors (Lipinski definition) is 6. The predicted octanol–water partition coefficient (Wildman–Crippen LogP) is 2.11. The molecule has 9 nitrogen and oxygen atoms in total. The molecule has 1 aromatic carbocycles. The minimum Gasteiger partial charge on any atom is -0.354 e. The standard InChI is InChI=1S/C21H23N7O2S/c1-26-14-17(13-23-26)15-3-4-19-18(11-15)21(25-24-19)16-5-6-22-20(12-16)27-7-9-28(10-8-27)31(2,29)30/h3-6,11-14H,7-10H2,1-2H3,(H,24,25). The van der Waals surface area contributed by atoms with Crippen LogP contribution in [0, 0.1) is 0 Å². The van der Waals surface area contributed by atoms with Crippen molar-refractivity contribution in [2.45, 2.75) is 0 Å². The maximum Gasteiger partial charge on any atom is 0.211 e. The summed E-state index contributed by atoms with van der Waals surface area (Å²) in [4.78, 5) is 6.63. The zero-order valence-electron chi connectivity index (χ0n) is 17.4. The number of fused-ring (bicyclic) bond motifs is 1. The number of hydrogen-bond donors (Lipinski definition) is 1. The number of anilines is 1. The molecule has 4 heterocycles. The van der Waals surface area contributed by atoms with Crippen LogP contribution in [0.25, 0.3) is 33.3 Å². The second-order valence-corrected chi connectivity index (χ2v) is 9.77. The molecule has 31 heavy (non-hydrogen) atoms. The molecule has 0 radical (unpaired) electrons. The van der Waals surface area contributed by atoms with Gasteiger partial charge in [0, 0.05) is 62.1 Å². The highest BCUT2D eigenvalue weighted by molar-refractivity contribution is 7.88. The molecule has 5 rings (SSSR count). The Labute approximate surface area is 180 Å². The Morgan fingerprint density at radius 2 is 1.81 bits per heavy atom. The van der Waals surface area contributed by atoms with E-state index < -0.39 is 10.0 Å². The van der Waals surface area contributed by atoms with E-state index in [0.29, 0.717) is 26.2 Å². The van der Waals surface area contributed by atoms with E-state index in [4.69, 9.17) is 0 Å². The normalized spacial score (nSPS) is 15.6. The number of H-pyrrole nitrogens is 1. The summed E-state index contributed by atoms with van der Waals surface area (Å²) in [6.07, 6.45) is 6.87. The molecule has 3 aromatic heterocycles. The summed E-state index contributed by atoms with van der Waals surface area (Å²) in [5.74, 6) is 0.824. The van der Waals surface area contributed by atoms with Crippen molar-refractivity contribution in [2.75, 3.05) is 37.3 Å². The van der Waals surface area contributed by atoms with Gasteiger partial charge in [0.25, 0.3) is 0 Å². The smallest absolute Gasteiger partial charge is 0.211 e. The van der Waals surface area contributed by atoms with Crippen LogP contribution < -0.4 is 4.90 Å². The van der Waals surface area contributed by atoms with E-state index in [1.54, 1.807) is 10.9 Å². The zero-order chi connectivity index (χ0) is 21.6. The van der Waals surface area contributed by atoms with Crippen molar-refractivity contribution in [1.82, 2.24) is 29.3 Å². The Morgan fingerprint density at radius 1 is 1.00 bits per heavy atom. The SMILES string of the molecule is Cn1cc(-c2ccc3[nH]nc(-c4ccnc(N5CCN(S(C)(=O)=O)CC5)c4)c3c2)cn1. The van der Waals surface area contributed by atoms with E-state index in [0.717, 1.165) is 39.1 Å². The fraction of sp³-hybridized carbons (Fsp3) is 0.286. The monoisotopic (exact) mass is 437 g/mol. The Balaban J connectivity index is 1.46. The lowest BCUT2D eigenvalue weighted by Gasteiger charge is -2.34. The van der Waals surface area contributed by atoms with E-state index in [1.807, 2.05) is 37.6 Å². The summed E-state index contributed by atoms with van der Waals surface area (Å²) < 4.78 is 26.8. The quantitative estimate of drug-likeness (QED) is 0.525. The van der Waals surface area contributed by atoms with Crippen LogP contribution in [0.2, 0.25) is 0 Å². The van der Waals surface area contributed by atoms with Gasteiger partial charge in [0.15, 0.2) is 0 Å². The van der Waals surface area contributed by atoms with E-state index in [-0.39, 0.29) is 0 Å². The molecule has 0 amide bonds. The predicted molar refractivity (Wildman–Crippen MR) is 120 cm³/mol. The summed E-state index contributed by atoms with van der Waals surface area (Å²) in [5, 5.41) is 13.0. The molecule has 1 saturated heterocycles. The van der Waals surface area contributed by atoms with Crippen molar-refractivity contribution in [3.05, 3.63) is 48.9 Å². The molecule has 1 aliphatic heterocycles. The van der Waals surface area contributed by atoms with Crippen LogP contribution in [0.3, 0.4) is 0 Å². The molecular formula is C21H23N7O2S. The number of nitrogens with one attached hydrogen (secondary N) is 1. The van der Waals surface area contributed by atoms with Gasteiger partial charge in [-0.3, -0.25) is 9.78 Å². The highest BCUT2D eigenvalue weighted by Gasteiger charge is 2.24. The van der Waals surface area contributed by atoms with Crippen LogP contribution in [0.15, 0.2) is 48.9 Å². The van der Waals surface area contributed by atoms with Gasteiger partial charge in [-0.05, 0) is 29.8 Å². The van der Waals surface area contributed by atoms with Crippen molar-refractivity contribution in [3.63, 3.8) is 0 Å². The van der Waals surface area contributed by atoms with Gasteiger partial charge < -0.3 is 4.90 Å². The fourth-order valence-corrected chi connectivity index (χ4v) is 4.80. The molecule has 10 heteroatoms. The largest absolute Gasteiger partial charge is 0.354 e. The van der Waals surface area contributed by atoms with Crippen LogP contribution in [-0.2, 0) is 17.1 Å². The molecule has 0 atom stereocenters.